The fraction of sp³-hybridized carbons (Fsp3) is 0.524. The molecule has 1 aliphatic carbocycles. The van der Waals surface area contributed by atoms with Gasteiger partial charge < -0.3 is 14.7 Å². The first kappa shape index (κ1) is 18.5. The van der Waals surface area contributed by atoms with Crippen molar-refractivity contribution in [3.63, 3.8) is 0 Å². The summed E-state index contributed by atoms with van der Waals surface area (Å²) in [7, 11) is 0. The van der Waals surface area contributed by atoms with Crippen LogP contribution in [-0.4, -0.2) is 40.6 Å². The van der Waals surface area contributed by atoms with Crippen LogP contribution in [-0.2, 0) is 16.0 Å². The lowest BCUT2D eigenvalue weighted by atomic mass is 10.0. The number of para-hydroxylation sites is 1. The third-order valence-electron chi connectivity index (χ3n) is 5.54. The lowest BCUT2D eigenvalue weighted by Crippen LogP contribution is -2.44. The van der Waals surface area contributed by atoms with Crippen molar-refractivity contribution in [2.75, 3.05) is 6.61 Å². The van der Waals surface area contributed by atoms with E-state index in [1.807, 2.05) is 30.3 Å². The minimum atomic E-state index is -0.873. The zero-order valence-electron chi connectivity index (χ0n) is 15.1. The van der Waals surface area contributed by atoms with E-state index < -0.39 is 12.0 Å². The van der Waals surface area contributed by atoms with E-state index in [1.54, 1.807) is 4.90 Å². The quantitative estimate of drug-likeness (QED) is 0.572. The van der Waals surface area contributed by atoms with E-state index in [0.29, 0.717) is 31.8 Å². The number of hydrogen-bond donors (Lipinski definition) is 1. The lowest BCUT2D eigenvalue weighted by Gasteiger charge is -2.27. The molecule has 5 heteroatoms. The highest BCUT2D eigenvalue weighted by Gasteiger charge is 2.48. The van der Waals surface area contributed by atoms with Gasteiger partial charge in [0.15, 0.2) is 0 Å². The monoisotopic (exact) mass is 357 g/mol. The third kappa shape index (κ3) is 3.92. The Morgan fingerprint density at radius 2 is 2.12 bits per heavy atom. The molecule has 140 valence electrons. The standard InChI is InChI=1S/C21H27NO4/c1-2-7-15-8-3-4-11-19(15)26-13-6-12-20(23)22-17-10-5-9-16(17)14-18(22)21(24)25/h2-4,8,11,16-18H,1,5-7,9-10,12-14H2,(H,24,25)/t16-,17-,18-/m0/s1. The molecule has 0 aromatic heterocycles. The van der Waals surface area contributed by atoms with Crippen molar-refractivity contribution in [1.29, 1.82) is 0 Å². The summed E-state index contributed by atoms with van der Waals surface area (Å²) in [6.07, 6.45) is 7.17. The molecule has 3 rings (SSSR count). The Bertz CT molecular complexity index is 672. The fourth-order valence-corrected chi connectivity index (χ4v) is 4.37. The van der Waals surface area contributed by atoms with Crippen LogP contribution >= 0.6 is 0 Å². The van der Waals surface area contributed by atoms with Crippen molar-refractivity contribution >= 4 is 11.9 Å². The molecule has 0 radical (unpaired) electrons. The van der Waals surface area contributed by atoms with Gasteiger partial charge in [0.1, 0.15) is 11.8 Å². The predicted molar refractivity (Wildman–Crippen MR) is 99.1 cm³/mol. The summed E-state index contributed by atoms with van der Waals surface area (Å²) in [4.78, 5) is 25.9. The minimum Gasteiger partial charge on any atom is -0.493 e. The Labute approximate surface area is 154 Å². The first-order chi connectivity index (χ1) is 12.6. The number of nitrogens with zero attached hydrogens (tertiary/aromatic N) is 1. The van der Waals surface area contributed by atoms with Crippen LogP contribution in [0.3, 0.4) is 0 Å². The number of carbonyl (C=O) groups excluding carboxylic acids is 1. The highest BCUT2D eigenvalue weighted by atomic mass is 16.5. The molecule has 0 unspecified atom stereocenters. The van der Waals surface area contributed by atoms with Crippen molar-refractivity contribution in [2.45, 2.75) is 57.0 Å². The number of rotatable bonds is 8. The summed E-state index contributed by atoms with van der Waals surface area (Å²) in [5.74, 6) is 0.263. The van der Waals surface area contributed by atoms with Crippen molar-refractivity contribution in [2.24, 2.45) is 5.92 Å². The largest absolute Gasteiger partial charge is 0.493 e. The molecule has 5 nitrogen and oxygen atoms in total. The fourth-order valence-electron chi connectivity index (χ4n) is 4.37. The molecule has 2 fully saturated rings. The maximum Gasteiger partial charge on any atom is 0.326 e. The number of allylic oxidation sites excluding steroid dienone is 1. The van der Waals surface area contributed by atoms with Gasteiger partial charge in [-0.2, -0.15) is 0 Å². The molecule has 1 aromatic rings. The Morgan fingerprint density at radius 1 is 1.31 bits per heavy atom. The van der Waals surface area contributed by atoms with Gasteiger partial charge in [0.05, 0.1) is 6.61 Å². The smallest absolute Gasteiger partial charge is 0.326 e. The van der Waals surface area contributed by atoms with Gasteiger partial charge in [0.2, 0.25) is 5.91 Å². The summed E-state index contributed by atoms with van der Waals surface area (Å²) < 4.78 is 5.83. The van der Waals surface area contributed by atoms with E-state index in [4.69, 9.17) is 4.74 Å². The number of fused-ring (bicyclic) bond motifs is 1. The van der Waals surface area contributed by atoms with Crippen LogP contribution in [0.4, 0.5) is 0 Å². The Balaban J connectivity index is 1.52. The van der Waals surface area contributed by atoms with E-state index in [0.717, 1.165) is 37.0 Å². The number of carboxylic acids is 1. The molecule has 1 aromatic carbocycles. The molecular weight excluding hydrogens is 330 g/mol. The molecule has 0 spiro atoms. The van der Waals surface area contributed by atoms with Gasteiger partial charge >= 0.3 is 5.97 Å². The molecule has 1 aliphatic heterocycles. The topological polar surface area (TPSA) is 66.8 Å². The summed E-state index contributed by atoms with van der Waals surface area (Å²) in [5.41, 5.74) is 1.08. The molecule has 1 saturated heterocycles. The Hall–Kier alpha value is -2.30. The number of carbonyl (C=O) groups is 2. The van der Waals surface area contributed by atoms with Crippen molar-refractivity contribution < 1.29 is 19.4 Å². The van der Waals surface area contributed by atoms with Crippen LogP contribution in [0.15, 0.2) is 36.9 Å². The molecule has 1 N–H and O–H groups in total. The molecule has 3 atom stereocenters. The normalized spacial score (nSPS) is 24.3. The average molecular weight is 357 g/mol. The SMILES string of the molecule is C=CCc1ccccc1OCCCC(=O)N1[C@H](C(=O)O)C[C@@H]2CCC[C@@H]21. The second kappa shape index (κ2) is 8.39. The number of hydrogen-bond acceptors (Lipinski definition) is 3. The van der Waals surface area contributed by atoms with E-state index in [2.05, 4.69) is 6.58 Å². The summed E-state index contributed by atoms with van der Waals surface area (Å²) in [5, 5.41) is 9.46. The second-order valence-corrected chi connectivity index (χ2v) is 7.20. The number of likely N-dealkylation sites (tertiary alicyclic amines) is 1. The van der Waals surface area contributed by atoms with E-state index in [1.165, 1.54) is 0 Å². The Morgan fingerprint density at radius 3 is 2.88 bits per heavy atom. The summed E-state index contributed by atoms with van der Waals surface area (Å²) in [6.45, 7) is 4.20. The number of benzene rings is 1. The molecule has 1 saturated carbocycles. The zero-order chi connectivity index (χ0) is 18.5. The van der Waals surface area contributed by atoms with E-state index >= 15 is 0 Å². The molecule has 0 bridgehead atoms. The number of aliphatic carboxylic acids is 1. The first-order valence-electron chi connectivity index (χ1n) is 9.47. The lowest BCUT2D eigenvalue weighted by molar-refractivity contribution is -0.149. The molecule has 2 aliphatic rings. The average Bonchev–Trinajstić information content (AvgIpc) is 3.21. The molecule has 1 amide bonds. The molecule has 1 heterocycles. The zero-order valence-corrected chi connectivity index (χ0v) is 15.1. The number of carboxylic acid groups (broad SMARTS) is 1. The predicted octanol–water partition coefficient (Wildman–Crippen LogP) is 3.43. The van der Waals surface area contributed by atoms with Crippen LogP contribution in [0.5, 0.6) is 5.75 Å². The van der Waals surface area contributed by atoms with Crippen LogP contribution < -0.4 is 4.74 Å². The number of ether oxygens (including phenoxy) is 1. The summed E-state index contributed by atoms with van der Waals surface area (Å²) >= 11 is 0. The maximum atomic E-state index is 12.7. The van der Waals surface area contributed by atoms with Gasteiger partial charge in [0.25, 0.3) is 0 Å². The maximum absolute atomic E-state index is 12.7. The molecular formula is C21H27NO4. The van der Waals surface area contributed by atoms with Crippen molar-refractivity contribution in [1.82, 2.24) is 4.90 Å². The van der Waals surface area contributed by atoms with E-state index in [9.17, 15) is 14.7 Å². The Kier molecular flexibility index (Phi) is 5.96. The van der Waals surface area contributed by atoms with Gasteiger partial charge in [-0.3, -0.25) is 4.79 Å². The molecule has 26 heavy (non-hydrogen) atoms. The van der Waals surface area contributed by atoms with Gasteiger partial charge in [-0.25, -0.2) is 4.79 Å². The van der Waals surface area contributed by atoms with Crippen molar-refractivity contribution in [3.05, 3.63) is 42.5 Å². The van der Waals surface area contributed by atoms with Gasteiger partial charge in [0, 0.05) is 12.5 Å². The highest BCUT2D eigenvalue weighted by molar-refractivity contribution is 5.84. The van der Waals surface area contributed by atoms with Crippen LogP contribution in [0.2, 0.25) is 0 Å². The highest BCUT2D eigenvalue weighted by Crippen LogP contribution is 2.41. The van der Waals surface area contributed by atoms with Gasteiger partial charge in [-0.05, 0) is 49.7 Å². The number of amides is 1. The van der Waals surface area contributed by atoms with Crippen molar-refractivity contribution in [3.8, 4) is 5.75 Å². The van der Waals surface area contributed by atoms with Crippen LogP contribution in [0.25, 0.3) is 0 Å². The van der Waals surface area contributed by atoms with Crippen LogP contribution in [0, 0.1) is 5.92 Å². The minimum absolute atomic E-state index is 0.0465. The van der Waals surface area contributed by atoms with Gasteiger partial charge in [-0.1, -0.05) is 30.7 Å². The second-order valence-electron chi connectivity index (χ2n) is 7.20. The third-order valence-corrected chi connectivity index (χ3v) is 5.54. The van der Waals surface area contributed by atoms with Crippen LogP contribution in [0.1, 0.15) is 44.1 Å². The van der Waals surface area contributed by atoms with E-state index in [-0.39, 0.29) is 11.9 Å². The first-order valence-corrected chi connectivity index (χ1v) is 9.47. The van der Waals surface area contributed by atoms with Gasteiger partial charge in [-0.15, -0.1) is 6.58 Å². The summed E-state index contributed by atoms with van der Waals surface area (Å²) in [6, 6.07) is 7.29.